The first-order valence-electron chi connectivity index (χ1n) is 8.48. The van der Waals surface area contributed by atoms with Crippen molar-refractivity contribution in [2.75, 3.05) is 4.90 Å². The molecule has 0 unspecified atom stereocenters. The number of anilines is 1. The average molecular weight is 375 g/mol. The van der Waals surface area contributed by atoms with Crippen molar-refractivity contribution in [2.45, 2.75) is 59.3 Å². The van der Waals surface area contributed by atoms with Gasteiger partial charge in [0.2, 0.25) is 0 Å². The summed E-state index contributed by atoms with van der Waals surface area (Å²) in [6, 6.07) is 1.64. The van der Waals surface area contributed by atoms with E-state index in [1.54, 1.807) is 19.2 Å². The number of hydrogen-bond donors (Lipinski definition) is 2. The summed E-state index contributed by atoms with van der Waals surface area (Å²) in [6.45, 7) is 13.7. The Morgan fingerprint density at radius 2 is 1.59 bits per heavy atom. The summed E-state index contributed by atoms with van der Waals surface area (Å²) in [7, 11) is 0. The molecule has 0 atom stereocenters. The van der Waals surface area contributed by atoms with Crippen LogP contribution in [0.4, 0.5) is 15.4 Å². The van der Waals surface area contributed by atoms with Gasteiger partial charge < -0.3 is 14.7 Å². The van der Waals surface area contributed by atoms with Gasteiger partial charge in [0.1, 0.15) is 0 Å². The fraction of sp³-hybridized carbons (Fsp3) is 0.474. The Balaban J connectivity index is 3.03. The van der Waals surface area contributed by atoms with Gasteiger partial charge in [0.15, 0.2) is 11.6 Å². The molecule has 0 saturated carbocycles. The lowest BCUT2D eigenvalue weighted by Crippen LogP contribution is -2.36. The van der Waals surface area contributed by atoms with E-state index in [0.29, 0.717) is 11.3 Å². The van der Waals surface area contributed by atoms with Gasteiger partial charge in [-0.2, -0.15) is 4.90 Å². The van der Waals surface area contributed by atoms with Gasteiger partial charge in [-0.25, -0.2) is 14.6 Å². The molecule has 0 aromatic carbocycles. The maximum absolute atomic E-state index is 11.6. The molecule has 0 spiro atoms. The molecule has 8 nitrogen and oxygen atoms in total. The fourth-order valence-electron chi connectivity index (χ4n) is 3.00. The smallest absolute Gasteiger partial charge is 0.422 e. The Morgan fingerprint density at radius 1 is 1.04 bits per heavy atom. The minimum Gasteiger partial charge on any atom is -0.464 e. The predicted octanol–water partition coefficient (Wildman–Crippen LogP) is 4.80. The van der Waals surface area contributed by atoms with Crippen molar-refractivity contribution in [1.82, 2.24) is 10.1 Å². The minimum atomic E-state index is -1.64. The highest BCUT2D eigenvalue weighted by Crippen LogP contribution is 2.44. The largest absolute Gasteiger partial charge is 0.464 e. The molecule has 2 aromatic heterocycles. The van der Waals surface area contributed by atoms with E-state index in [-0.39, 0.29) is 21.9 Å². The lowest BCUT2D eigenvalue weighted by atomic mass is 9.73. The molecule has 2 N–H and O–H groups in total. The third kappa shape index (κ3) is 3.94. The molecule has 0 aliphatic carbocycles. The second-order valence-electron chi connectivity index (χ2n) is 8.48. The third-order valence-corrected chi connectivity index (χ3v) is 4.09. The molecule has 27 heavy (non-hydrogen) atoms. The van der Waals surface area contributed by atoms with Gasteiger partial charge in [-0.05, 0) is 28.9 Å². The Morgan fingerprint density at radius 3 is 1.96 bits per heavy atom. The molecule has 0 bridgehead atoms. The molecular weight excluding hydrogens is 350 g/mol. The Bertz CT molecular complexity index is 874. The number of aromatic nitrogens is 2. The maximum Gasteiger partial charge on any atom is 0.422 e. The number of carbonyl (C=O) groups is 2. The van der Waals surface area contributed by atoms with Gasteiger partial charge in [-0.15, -0.1) is 0 Å². The quantitative estimate of drug-likeness (QED) is 0.774. The van der Waals surface area contributed by atoms with Gasteiger partial charge in [0, 0.05) is 12.3 Å². The van der Waals surface area contributed by atoms with Crippen molar-refractivity contribution in [3.8, 4) is 11.3 Å². The molecule has 2 amide bonds. The van der Waals surface area contributed by atoms with Crippen LogP contribution in [0.2, 0.25) is 0 Å². The van der Waals surface area contributed by atoms with E-state index in [0.717, 1.165) is 11.1 Å². The molecular formula is C19H25N3O5. The molecule has 0 aliphatic heterocycles. The van der Waals surface area contributed by atoms with E-state index in [9.17, 15) is 19.8 Å². The predicted molar refractivity (Wildman–Crippen MR) is 100 cm³/mol. The number of nitrogens with zero attached hydrogens (tertiary/aromatic N) is 3. The van der Waals surface area contributed by atoms with Crippen LogP contribution in [-0.2, 0) is 10.8 Å². The van der Waals surface area contributed by atoms with Crippen molar-refractivity contribution < 1.29 is 24.3 Å². The van der Waals surface area contributed by atoms with E-state index >= 15 is 0 Å². The maximum atomic E-state index is 11.6. The first-order chi connectivity index (χ1) is 12.2. The summed E-state index contributed by atoms with van der Waals surface area (Å²) in [5.41, 5.74) is 1.80. The molecule has 146 valence electrons. The Hall–Kier alpha value is -2.90. The molecule has 2 aromatic rings. The van der Waals surface area contributed by atoms with Crippen LogP contribution in [0.3, 0.4) is 0 Å². The monoisotopic (exact) mass is 375 g/mol. The molecule has 2 heterocycles. The van der Waals surface area contributed by atoms with Gasteiger partial charge >= 0.3 is 12.2 Å². The number of carboxylic acid groups (broad SMARTS) is 2. The van der Waals surface area contributed by atoms with Crippen molar-refractivity contribution in [2.24, 2.45) is 0 Å². The zero-order chi connectivity index (χ0) is 20.7. The number of rotatable bonds is 2. The molecule has 0 aliphatic rings. The highest BCUT2D eigenvalue weighted by molar-refractivity contribution is 6.09. The topological polar surface area (TPSA) is 117 Å². The summed E-state index contributed by atoms with van der Waals surface area (Å²) in [5, 5.41) is 22.8. The first kappa shape index (κ1) is 20.4. The van der Waals surface area contributed by atoms with Crippen molar-refractivity contribution in [1.29, 1.82) is 0 Å². The van der Waals surface area contributed by atoms with Crippen LogP contribution in [0.15, 0.2) is 16.8 Å². The number of pyridine rings is 1. The van der Waals surface area contributed by atoms with Crippen molar-refractivity contribution >= 4 is 18.0 Å². The highest BCUT2D eigenvalue weighted by Gasteiger charge is 2.36. The molecule has 2 rings (SSSR count). The van der Waals surface area contributed by atoms with Crippen LogP contribution in [-0.4, -0.2) is 32.5 Å². The molecule has 0 saturated heterocycles. The lowest BCUT2D eigenvalue weighted by Gasteiger charge is -2.33. The van der Waals surface area contributed by atoms with Gasteiger partial charge in [-0.1, -0.05) is 46.7 Å². The third-order valence-electron chi connectivity index (χ3n) is 4.09. The van der Waals surface area contributed by atoms with Crippen LogP contribution in [0, 0.1) is 6.92 Å². The van der Waals surface area contributed by atoms with Crippen molar-refractivity contribution in [3.05, 3.63) is 29.1 Å². The van der Waals surface area contributed by atoms with E-state index in [4.69, 9.17) is 4.52 Å². The SMILES string of the molecule is Cc1cc(-c2c(N(C(=O)O)C(=O)O)ncc(C(C)(C)C)c2C(C)(C)C)on1. The lowest BCUT2D eigenvalue weighted by molar-refractivity contribution is 0.184. The molecule has 8 heteroatoms. The second kappa shape index (κ2) is 6.68. The fourth-order valence-corrected chi connectivity index (χ4v) is 3.00. The van der Waals surface area contributed by atoms with Crippen LogP contribution < -0.4 is 4.90 Å². The summed E-state index contributed by atoms with van der Waals surface area (Å²) >= 11 is 0. The zero-order valence-corrected chi connectivity index (χ0v) is 16.6. The second-order valence-corrected chi connectivity index (χ2v) is 8.48. The molecule has 0 fully saturated rings. The Labute approximate surface area is 157 Å². The van der Waals surface area contributed by atoms with Crippen LogP contribution in [0.5, 0.6) is 0 Å². The van der Waals surface area contributed by atoms with E-state index in [1.807, 2.05) is 41.5 Å². The minimum absolute atomic E-state index is 0.203. The standard InChI is InChI=1S/C19H25N3O5/c1-10-8-12(27-21-10)13-14(19(5,6)7)11(18(2,3)4)9-20-15(13)22(16(23)24)17(25)26/h8-9H,1-7H3,(H,23,24)(H,25,26). The first-order valence-corrected chi connectivity index (χ1v) is 8.48. The summed E-state index contributed by atoms with van der Waals surface area (Å²) in [6.07, 6.45) is -1.74. The van der Waals surface area contributed by atoms with E-state index in [1.165, 1.54) is 0 Å². The summed E-state index contributed by atoms with van der Waals surface area (Å²) in [4.78, 5) is 27.7. The van der Waals surface area contributed by atoms with Crippen molar-refractivity contribution in [3.63, 3.8) is 0 Å². The summed E-state index contributed by atoms with van der Waals surface area (Å²) < 4.78 is 5.40. The van der Waals surface area contributed by atoms with Crippen LogP contribution >= 0.6 is 0 Å². The number of aryl methyl sites for hydroxylation is 1. The zero-order valence-electron chi connectivity index (χ0n) is 16.6. The number of hydrogen-bond acceptors (Lipinski definition) is 5. The number of imide groups is 1. The van der Waals surface area contributed by atoms with E-state index < -0.39 is 17.6 Å². The average Bonchev–Trinajstić information content (AvgIpc) is 2.90. The molecule has 0 radical (unpaired) electrons. The summed E-state index contributed by atoms with van der Waals surface area (Å²) in [5.74, 6) is 0.0580. The Kier molecular flexibility index (Phi) is 5.05. The van der Waals surface area contributed by atoms with Gasteiger partial charge in [0.25, 0.3) is 0 Å². The number of amides is 2. The van der Waals surface area contributed by atoms with Crippen LogP contribution in [0.25, 0.3) is 11.3 Å². The van der Waals surface area contributed by atoms with E-state index in [2.05, 4.69) is 10.1 Å². The van der Waals surface area contributed by atoms with Gasteiger partial charge in [0.05, 0.1) is 11.3 Å². The van der Waals surface area contributed by atoms with Crippen LogP contribution in [0.1, 0.15) is 58.4 Å². The highest BCUT2D eigenvalue weighted by atomic mass is 16.5. The normalized spacial score (nSPS) is 12.1. The van der Waals surface area contributed by atoms with Gasteiger partial charge in [-0.3, -0.25) is 0 Å².